The van der Waals surface area contributed by atoms with Crippen molar-refractivity contribution in [3.63, 3.8) is 0 Å². The highest BCUT2D eigenvalue weighted by Gasteiger charge is 2.37. The molecule has 3 saturated heterocycles. The van der Waals surface area contributed by atoms with Crippen molar-refractivity contribution in [2.45, 2.75) is 88.6 Å². The Balaban J connectivity index is 1.48. The normalized spacial score (nSPS) is 43.0. The molecule has 0 amide bonds. The van der Waals surface area contributed by atoms with E-state index in [1.165, 1.54) is 0 Å². The lowest BCUT2D eigenvalue weighted by Gasteiger charge is -2.42. The van der Waals surface area contributed by atoms with E-state index in [0.717, 1.165) is 51.7 Å². The summed E-state index contributed by atoms with van der Waals surface area (Å²) in [5.74, 6) is 0. The topological polar surface area (TPSA) is 46.2 Å². The van der Waals surface area contributed by atoms with Crippen LogP contribution < -0.4 is 0 Å². The van der Waals surface area contributed by atoms with E-state index >= 15 is 0 Å². The summed E-state index contributed by atoms with van der Waals surface area (Å²) in [5.41, 5.74) is -0.709. The molecule has 0 aromatic heterocycles. The maximum Gasteiger partial charge on any atom is 0.159 e. The lowest BCUT2D eigenvalue weighted by atomic mass is 9.74. The second-order valence-corrected chi connectivity index (χ2v) is 7.04. The van der Waals surface area contributed by atoms with E-state index in [-0.39, 0.29) is 18.7 Å². The van der Waals surface area contributed by atoms with E-state index in [9.17, 15) is 0 Å². The van der Waals surface area contributed by atoms with Crippen LogP contribution in [0.1, 0.15) is 58.3 Å². The Morgan fingerprint density at radius 2 is 1.78 bits per heavy atom. The predicted octanol–water partition coefficient (Wildman–Crippen LogP) is 2.51. The third-order valence-corrected chi connectivity index (χ3v) is 4.93. The molecule has 6 heteroatoms. The SMILES string of the molecule is [B]C1(OC2CCCCO2)CCOC(OC2CCOC(C)CC2)C1. The van der Waals surface area contributed by atoms with Crippen molar-refractivity contribution in [1.29, 1.82) is 0 Å². The molecule has 3 aliphatic heterocycles. The summed E-state index contributed by atoms with van der Waals surface area (Å²) < 4.78 is 29.3. The van der Waals surface area contributed by atoms with Crippen molar-refractivity contribution in [3.8, 4) is 0 Å². The Morgan fingerprint density at radius 3 is 2.61 bits per heavy atom. The van der Waals surface area contributed by atoms with Gasteiger partial charge in [-0.25, -0.2) is 0 Å². The second-order valence-electron chi connectivity index (χ2n) is 7.04. The molecular formula is C17H29BO5. The smallest absolute Gasteiger partial charge is 0.159 e. The van der Waals surface area contributed by atoms with Gasteiger partial charge in [-0.05, 0) is 51.9 Å². The lowest BCUT2D eigenvalue weighted by Crippen LogP contribution is -2.48. The van der Waals surface area contributed by atoms with E-state index < -0.39 is 5.50 Å². The molecule has 5 unspecified atom stereocenters. The van der Waals surface area contributed by atoms with Crippen molar-refractivity contribution < 1.29 is 23.7 Å². The van der Waals surface area contributed by atoms with E-state index in [1.807, 2.05) is 0 Å². The standard InChI is InChI=1S/C17H29BO5/c1-13-5-6-14(7-10-19-13)22-16-12-17(18,8-11-21-16)23-15-4-2-3-9-20-15/h13-16H,2-12H2,1H3. The minimum absolute atomic E-state index is 0.179. The summed E-state index contributed by atoms with van der Waals surface area (Å²) >= 11 is 0. The summed E-state index contributed by atoms with van der Waals surface area (Å²) in [6, 6.07) is 0. The van der Waals surface area contributed by atoms with Gasteiger partial charge >= 0.3 is 0 Å². The van der Waals surface area contributed by atoms with Gasteiger partial charge in [-0.15, -0.1) is 0 Å². The van der Waals surface area contributed by atoms with Crippen LogP contribution in [0, 0.1) is 0 Å². The molecule has 5 atom stereocenters. The van der Waals surface area contributed by atoms with Crippen LogP contribution in [-0.4, -0.2) is 58.0 Å². The average molecular weight is 324 g/mol. The first-order chi connectivity index (χ1) is 11.1. The van der Waals surface area contributed by atoms with E-state index in [1.54, 1.807) is 0 Å². The Morgan fingerprint density at radius 1 is 0.913 bits per heavy atom. The zero-order chi connectivity index (χ0) is 16.1. The van der Waals surface area contributed by atoms with Crippen LogP contribution in [0.2, 0.25) is 0 Å². The van der Waals surface area contributed by atoms with Crippen LogP contribution in [0.15, 0.2) is 0 Å². The third-order valence-electron chi connectivity index (χ3n) is 4.93. The first-order valence-corrected chi connectivity index (χ1v) is 9.10. The summed E-state index contributed by atoms with van der Waals surface area (Å²) in [4.78, 5) is 0. The van der Waals surface area contributed by atoms with Crippen LogP contribution in [0.4, 0.5) is 0 Å². The molecule has 3 heterocycles. The monoisotopic (exact) mass is 324 g/mol. The quantitative estimate of drug-likeness (QED) is 0.744. The lowest BCUT2D eigenvalue weighted by molar-refractivity contribution is -0.261. The van der Waals surface area contributed by atoms with E-state index in [2.05, 4.69) is 6.92 Å². The average Bonchev–Trinajstić information content (AvgIpc) is 2.73. The molecule has 0 aromatic carbocycles. The first-order valence-electron chi connectivity index (χ1n) is 9.10. The summed E-state index contributed by atoms with van der Waals surface area (Å²) in [6.45, 7) is 4.19. The van der Waals surface area contributed by atoms with E-state index in [0.29, 0.717) is 25.6 Å². The van der Waals surface area contributed by atoms with Crippen LogP contribution in [0.25, 0.3) is 0 Å². The highest BCUT2D eigenvalue weighted by molar-refractivity contribution is 6.14. The molecule has 0 aliphatic carbocycles. The van der Waals surface area contributed by atoms with Crippen LogP contribution >= 0.6 is 0 Å². The fraction of sp³-hybridized carbons (Fsp3) is 1.00. The van der Waals surface area contributed by atoms with Crippen molar-refractivity contribution in [3.05, 3.63) is 0 Å². The Bertz CT molecular complexity index is 363. The molecule has 23 heavy (non-hydrogen) atoms. The fourth-order valence-corrected chi connectivity index (χ4v) is 3.47. The number of rotatable bonds is 4. The Kier molecular flexibility index (Phi) is 6.38. The Labute approximate surface area is 140 Å². The fourth-order valence-electron chi connectivity index (χ4n) is 3.47. The van der Waals surface area contributed by atoms with Gasteiger partial charge in [0, 0.05) is 25.1 Å². The maximum absolute atomic E-state index is 6.45. The summed E-state index contributed by atoms with van der Waals surface area (Å²) in [5, 5.41) is 0. The van der Waals surface area contributed by atoms with Gasteiger partial charge in [0.1, 0.15) is 7.85 Å². The maximum atomic E-state index is 6.45. The van der Waals surface area contributed by atoms with Gasteiger partial charge in [0.2, 0.25) is 0 Å². The molecule has 3 rings (SSSR count). The van der Waals surface area contributed by atoms with Crippen molar-refractivity contribution in [2.75, 3.05) is 19.8 Å². The number of hydrogen-bond donors (Lipinski definition) is 0. The molecule has 5 nitrogen and oxygen atoms in total. The molecule has 130 valence electrons. The largest absolute Gasteiger partial charge is 0.378 e. The Hall–Kier alpha value is -0.135. The van der Waals surface area contributed by atoms with Gasteiger partial charge in [-0.2, -0.15) is 0 Å². The van der Waals surface area contributed by atoms with Gasteiger partial charge in [-0.3, -0.25) is 0 Å². The molecule has 0 N–H and O–H groups in total. The molecule has 0 spiro atoms. The van der Waals surface area contributed by atoms with Gasteiger partial charge in [0.25, 0.3) is 0 Å². The minimum Gasteiger partial charge on any atom is -0.378 e. The highest BCUT2D eigenvalue weighted by Crippen LogP contribution is 2.31. The van der Waals surface area contributed by atoms with Crippen LogP contribution in [0.5, 0.6) is 0 Å². The van der Waals surface area contributed by atoms with Crippen LogP contribution in [0.3, 0.4) is 0 Å². The zero-order valence-corrected chi connectivity index (χ0v) is 14.2. The molecule has 0 saturated carbocycles. The van der Waals surface area contributed by atoms with Gasteiger partial charge in [0.05, 0.1) is 18.8 Å². The zero-order valence-electron chi connectivity index (χ0n) is 14.2. The van der Waals surface area contributed by atoms with Crippen molar-refractivity contribution in [1.82, 2.24) is 0 Å². The number of hydrogen-bond acceptors (Lipinski definition) is 5. The summed E-state index contributed by atoms with van der Waals surface area (Å²) in [7, 11) is 6.45. The molecule has 2 radical (unpaired) electrons. The minimum atomic E-state index is -0.709. The summed E-state index contributed by atoms with van der Waals surface area (Å²) in [6.07, 6.45) is 7.36. The molecule has 0 aromatic rings. The first kappa shape index (κ1) is 17.7. The molecule has 3 fully saturated rings. The number of ether oxygens (including phenoxy) is 5. The van der Waals surface area contributed by atoms with E-state index in [4.69, 9.17) is 31.5 Å². The molecular weight excluding hydrogens is 295 g/mol. The second kappa shape index (κ2) is 8.30. The molecule has 0 bridgehead atoms. The van der Waals surface area contributed by atoms with Gasteiger partial charge in [-0.1, -0.05) is 0 Å². The third kappa shape index (κ3) is 5.43. The molecule has 3 aliphatic rings. The van der Waals surface area contributed by atoms with Crippen molar-refractivity contribution in [2.24, 2.45) is 0 Å². The van der Waals surface area contributed by atoms with Gasteiger partial charge < -0.3 is 23.7 Å². The van der Waals surface area contributed by atoms with Gasteiger partial charge in [0.15, 0.2) is 12.6 Å². The van der Waals surface area contributed by atoms with Crippen molar-refractivity contribution >= 4 is 7.85 Å². The van der Waals surface area contributed by atoms with Crippen LogP contribution in [-0.2, 0) is 23.7 Å². The highest BCUT2D eigenvalue weighted by atomic mass is 16.7. The predicted molar refractivity (Wildman–Crippen MR) is 86.3 cm³/mol.